The van der Waals surface area contributed by atoms with Crippen LogP contribution in [0.3, 0.4) is 0 Å². The third kappa shape index (κ3) is 6.99. The van der Waals surface area contributed by atoms with Crippen molar-refractivity contribution < 1.29 is 22.6 Å². The quantitative estimate of drug-likeness (QED) is 0.283. The molecule has 0 unspecified atom stereocenters. The first-order chi connectivity index (χ1) is 19.4. The van der Waals surface area contributed by atoms with Crippen LogP contribution in [0, 0.1) is 0 Å². The number of morpholine rings is 1. The van der Waals surface area contributed by atoms with Crippen LogP contribution in [-0.2, 0) is 23.9 Å². The number of hydrogen-bond acceptors (Lipinski definition) is 8. The molecular formula is C28H32F3N7O2. The number of anilines is 2. The highest BCUT2D eigenvalue weighted by molar-refractivity contribution is 5.84. The molecule has 0 radical (unpaired) electrons. The number of hydrogen-bond donors (Lipinski definition) is 2. The van der Waals surface area contributed by atoms with Crippen LogP contribution in [-0.4, -0.2) is 77.5 Å². The van der Waals surface area contributed by atoms with Crippen LogP contribution in [0.2, 0.25) is 0 Å². The largest absolute Gasteiger partial charge is 0.497 e. The first-order valence-corrected chi connectivity index (χ1v) is 13.2. The fourth-order valence-corrected chi connectivity index (χ4v) is 4.53. The summed E-state index contributed by atoms with van der Waals surface area (Å²) in [4.78, 5) is 16.3. The number of nitrogens with one attached hydrogen (secondary N) is 2. The van der Waals surface area contributed by atoms with E-state index >= 15 is 0 Å². The molecule has 0 amide bonds. The van der Waals surface area contributed by atoms with Crippen LogP contribution in [0.1, 0.15) is 16.7 Å². The van der Waals surface area contributed by atoms with E-state index in [2.05, 4.69) is 20.5 Å². The van der Waals surface area contributed by atoms with Gasteiger partial charge >= 0.3 is 6.18 Å². The SMILES string of the molecule is COc1ccc(CCNc2nc(NCCN3CCOCC3)nc3c2ncn3Cc2ccc(C(F)(F)F)cc2)cc1. The standard InChI is InChI=1S/C28H32F3N7O2/c1-39-23-8-4-20(5-9-23)10-11-32-25-24-26(36-27(35-25)33-12-13-37-14-16-40-17-15-37)38(19-34-24)18-21-2-6-22(7-3-21)28(29,30)31/h2-9,19H,10-18H2,1H3,(H2,32,33,35,36). The summed E-state index contributed by atoms with van der Waals surface area (Å²) < 4.78 is 51.5. The highest BCUT2D eigenvalue weighted by atomic mass is 19.4. The van der Waals surface area contributed by atoms with E-state index in [9.17, 15) is 13.2 Å². The van der Waals surface area contributed by atoms with Crippen molar-refractivity contribution in [3.05, 3.63) is 71.5 Å². The predicted octanol–water partition coefficient (Wildman–Crippen LogP) is 4.30. The Kier molecular flexibility index (Phi) is 8.66. The summed E-state index contributed by atoms with van der Waals surface area (Å²) in [5.74, 6) is 1.86. The van der Waals surface area contributed by atoms with E-state index in [4.69, 9.17) is 19.4 Å². The highest BCUT2D eigenvalue weighted by Crippen LogP contribution is 2.29. The molecule has 12 heteroatoms. The van der Waals surface area contributed by atoms with Crippen molar-refractivity contribution in [3.8, 4) is 5.75 Å². The number of nitrogens with zero attached hydrogens (tertiary/aromatic N) is 5. The second kappa shape index (κ2) is 12.5. The summed E-state index contributed by atoms with van der Waals surface area (Å²) in [6.45, 7) is 5.67. The van der Waals surface area contributed by atoms with Crippen molar-refractivity contribution in [2.24, 2.45) is 0 Å². The lowest BCUT2D eigenvalue weighted by Crippen LogP contribution is -2.39. The van der Waals surface area contributed by atoms with Gasteiger partial charge in [-0.3, -0.25) is 4.90 Å². The van der Waals surface area contributed by atoms with E-state index < -0.39 is 11.7 Å². The monoisotopic (exact) mass is 555 g/mol. The summed E-state index contributed by atoms with van der Waals surface area (Å²) in [6, 6.07) is 13.0. The number of rotatable bonds is 11. The first-order valence-electron chi connectivity index (χ1n) is 13.2. The van der Waals surface area contributed by atoms with Crippen molar-refractivity contribution in [3.63, 3.8) is 0 Å². The van der Waals surface area contributed by atoms with Gasteiger partial charge in [-0.25, -0.2) is 4.98 Å². The van der Waals surface area contributed by atoms with Crippen LogP contribution in [0.4, 0.5) is 24.9 Å². The van der Waals surface area contributed by atoms with Gasteiger partial charge in [-0.1, -0.05) is 24.3 Å². The third-order valence-corrected chi connectivity index (χ3v) is 6.78. The number of alkyl halides is 3. The zero-order valence-electron chi connectivity index (χ0n) is 22.2. The van der Waals surface area contributed by atoms with Gasteiger partial charge in [0.25, 0.3) is 0 Å². The van der Waals surface area contributed by atoms with Crippen molar-refractivity contribution in [1.82, 2.24) is 24.4 Å². The van der Waals surface area contributed by atoms with Crippen LogP contribution in [0.5, 0.6) is 5.75 Å². The summed E-state index contributed by atoms with van der Waals surface area (Å²) in [6.07, 6.45) is -1.97. The van der Waals surface area contributed by atoms with Gasteiger partial charge in [0, 0.05) is 32.7 Å². The van der Waals surface area contributed by atoms with E-state index in [0.29, 0.717) is 48.1 Å². The molecule has 5 rings (SSSR count). The van der Waals surface area contributed by atoms with Crippen LogP contribution in [0.15, 0.2) is 54.9 Å². The molecule has 1 fully saturated rings. The van der Waals surface area contributed by atoms with Crippen LogP contribution >= 0.6 is 0 Å². The van der Waals surface area contributed by atoms with Gasteiger partial charge in [0.2, 0.25) is 5.95 Å². The van der Waals surface area contributed by atoms with Gasteiger partial charge < -0.3 is 24.7 Å². The molecule has 0 saturated carbocycles. The Bertz CT molecular complexity index is 1390. The molecule has 3 heterocycles. The molecule has 4 aromatic rings. The van der Waals surface area contributed by atoms with Gasteiger partial charge in [0.05, 0.1) is 38.8 Å². The molecule has 0 bridgehead atoms. The molecule has 2 N–H and O–H groups in total. The molecule has 0 spiro atoms. The molecule has 40 heavy (non-hydrogen) atoms. The molecule has 1 saturated heterocycles. The number of aromatic nitrogens is 4. The highest BCUT2D eigenvalue weighted by Gasteiger charge is 2.30. The van der Waals surface area contributed by atoms with E-state index in [1.165, 1.54) is 12.1 Å². The molecule has 1 aliphatic heterocycles. The maximum absolute atomic E-state index is 13.0. The van der Waals surface area contributed by atoms with Gasteiger partial charge in [-0.05, 0) is 41.8 Å². The van der Waals surface area contributed by atoms with Gasteiger partial charge in [0.1, 0.15) is 5.75 Å². The lowest BCUT2D eigenvalue weighted by Gasteiger charge is -2.26. The molecular weight excluding hydrogens is 523 g/mol. The molecule has 2 aromatic heterocycles. The lowest BCUT2D eigenvalue weighted by molar-refractivity contribution is -0.137. The van der Waals surface area contributed by atoms with Crippen molar-refractivity contribution >= 4 is 22.9 Å². The van der Waals surface area contributed by atoms with Crippen molar-refractivity contribution in [2.75, 3.05) is 63.7 Å². The molecule has 0 atom stereocenters. The van der Waals surface area contributed by atoms with E-state index in [0.717, 1.165) is 62.7 Å². The second-order valence-electron chi connectivity index (χ2n) is 9.54. The molecule has 212 valence electrons. The Hall–Kier alpha value is -3.90. The number of ether oxygens (including phenoxy) is 2. The molecule has 9 nitrogen and oxygen atoms in total. The number of halogens is 3. The van der Waals surface area contributed by atoms with E-state index in [1.54, 1.807) is 13.4 Å². The van der Waals surface area contributed by atoms with Gasteiger partial charge in [0.15, 0.2) is 17.0 Å². The van der Waals surface area contributed by atoms with Crippen LogP contribution < -0.4 is 15.4 Å². The van der Waals surface area contributed by atoms with Gasteiger partial charge in [-0.15, -0.1) is 0 Å². The maximum atomic E-state index is 13.0. The number of imidazole rings is 1. The Balaban J connectivity index is 1.33. The summed E-state index contributed by atoms with van der Waals surface area (Å²) in [5, 5.41) is 6.72. The smallest absolute Gasteiger partial charge is 0.416 e. The number of benzene rings is 2. The van der Waals surface area contributed by atoms with Gasteiger partial charge in [-0.2, -0.15) is 23.1 Å². The maximum Gasteiger partial charge on any atom is 0.416 e. The predicted molar refractivity (Wildman–Crippen MR) is 147 cm³/mol. The third-order valence-electron chi connectivity index (χ3n) is 6.78. The minimum Gasteiger partial charge on any atom is -0.497 e. The zero-order valence-corrected chi connectivity index (χ0v) is 22.2. The Morgan fingerprint density at radius 3 is 2.35 bits per heavy atom. The first kappa shape index (κ1) is 27.7. The zero-order chi connectivity index (χ0) is 28.0. The van der Waals surface area contributed by atoms with Crippen molar-refractivity contribution in [2.45, 2.75) is 19.1 Å². The molecule has 0 aliphatic carbocycles. The molecule has 2 aromatic carbocycles. The second-order valence-corrected chi connectivity index (χ2v) is 9.54. The minimum absolute atomic E-state index is 0.324. The van der Waals surface area contributed by atoms with Crippen molar-refractivity contribution in [1.29, 1.82) is 0 Å². The number of methoxy groups -OCH3 is 1. The topological polar surface area (TPSA) is 89.4 Å². The normalized spacial score (nSPS) is 14.4. The van der Waals surface area contributed by atoms with E-state index in [-0.39, 0.29) is 0 Å². The van der Waals surface area contributed by atoms with Crippen LogP contribution in [0.25, 0.3) is 11.2 Å². The lowest BCUT2D eigenvalue weighted by atomic mass is 10.1. The van der Waals surface area contributed by atoms with E-state index in [1.807, 2.05) is 28.8 Å². The average Bonchev–Trinajstić information content (AvgIpc) is 3.36. The fourth-order valence-electron chi connectivity index (χ4n) is 4.53. The summed E-state index contributed by atoms with van der Waals surface area (Å²) >= 11 is 0. The Morgan fingerprint density at radius 2 is 1.65 bits per heavy atom. The summed E-state index contributed by atoms with van der Waals surface area (Å²) in [5.41, 5.74) is 2.37. The molecule has 1 aliphatic rings. The minimum atomic E-state index is -4.37. The fraction of sp³-hybridized carbons (Fsp3) is 0.393. The Morgan fingerprint density at radius 1 is 0.925 bits per heavy atom. The Labute approximate surface area is 230 Å². The average molecular weight is 556 g/mol. The number of fused-ring (bicyclic) bond motifs is 1. The summed E-state index contributed by atoms with van der Waals surface area (Å²) in [7, 11) is 1.64.